The van der Waals surface area contributed by atoms with E-state index in [2.05, 4.69) is 20.6 Å². The van der Waals surface area contributed by atoms with E-state index in [9.17, 15) is 9.18 Å². The maximum atomic E-state index is 13.4. The second kappa shape index (κ2) is 6.29. The lowest BCUT2D eigenvalue weighted by Crippen LogP contribution is -2.09. The number of carbonyl (C=O) groups excluding carboxylic acids is 1. The van der Waals surface area contributed by atoms with Crippen molar-refractivity contribution in [3.8, 4) is 0 Å². The Balaban J connectivity index is 2.06. The molecule has 7 heteroatoms. The number of hydrogen-bond donors (Lipinski definition) is 2. The SMILES string of the molecule is CC(=O)CNc1ccc(Nc2nc(Cl)ncc2F)cc1. The van der Waals surface area contributed by atoms with Crippen molar-refractivity contribution in [2.75, 3.05) is 17.2 Å². The summed E-state index contributed by atoms with van der Waals surface area (Å²) in [6, 6.07) is 7.01. The second-order valence-corrected chi connectivity index (χ2v) is 4.43. The molecule has 2 N–H and O–H groups in total. The number of aromatic nitrogens is 2. The van der Waals surface area contributed by atoms with Gasteiger partial charge in [-0.25, -0.2) is 9.37 Å². The van der Waals surface area contributed by atoms with Crippen molar-refractivity contribution in [1.82, 2.24) is 9.97 Å². The Morgan fingerprint density at radius 2 is 1.95 bits per heavy atom. The minimum absolute atomic E-state index is 0.00875. The van der Waals surface area contributed by atoms with E-state index in [-0.39, 0.29) is 23.4 Å². The molecule has 0 saturated carbocycles. The van der Waals surface area contributed by atoms with E-state index in [4.69, 9.17) is 11.6 Å². The van der Waals surface area contributed by atoms with Gasteiger partial charge in [0.25, 0.3) is 0 Å². The summed E-state index contributed by atoms with van der Waals surface area (Å²) >= 11 is 5.61. The molecular formula is C13H12ClFN4O. The van der Waals surface area contributed by atoms with Crippen LogP contribution < -0.4 is 10.6 Å². The minimum Gasteiger partial charge on any atom is -0.378 e. The normalized spacial score (nSPS) is 10.2. The summed E-state index contributed by atoms with van der Waals surface area (Å²) in [4.78, 5) is 18.1. The number of benzene rings is 1. The lowest BCUT2D eigenvalue weighted by atomic mass is 10.2. The van der Waals surface area contributed by atoms with Crippen molar-refractivity contribution in [3.05, 3.63) is 41.6 Å². The van der Waals surface area contributed by atoms with Crippen molar-refractivity contribution >= 4 is 34.6 Å². The van der Waals surface area contributed by atoms with Crippen molar-refractivity contribution < 1.29 is 9.18 Å². The Hall–Kier alpha value is -2.21. The highest BCUT2D eigenvalue weighted by atomic mass is 35.5. The number of ketones is 1. The average molecular weight is 295 g/mol. The monoisotopic (exact) mass is 294 g/mol. The molecule has 0 aliphatic heterocycles. The zero-order chi connectivity index (χ0) is 14.5. The second-order valence-electron chi connectivity index (χ2n) is 4.09. The van der Waals surface area contributed by atoms with Gasteiger partial charge in [0, 0.05) is 11.4 Å². The zero-order valence-electron chi connectivity index (χ0n) is 10.7. The molecular weight excluding hydrogens is 283 g/mol. The van der Waals surface area contributed by atoms with Gasteiger partial charge in [0.05, 0.1) is 12.7 Å². The fraction of sp³-hybridized carbons (Fsp3) is 0.154. The molecule has 0 fully saturated rings. The van der Waals surface area contributed by atoms with Gasteiger partial charge in [0.2, 0.25) is 5.28 Å². The molecule has 20 heavy (non-hydrogen) atoms. The van der Waals surface area contributed by atoms with Gasteiger partial charge in [-0.15, -0.1) is 0 Å². The van der Waals surface area contributed by atoms with Gasteiger partial charge in [0.1, 0.15) is 5.78 Å². The van der Waals surface area contributed by atoms with Crippen molar-refractivity contribution in [2.45, 2.75) is 6.92 Å². The molecule has 2 aromatic rings. The van der Waals surface area contributed by atoms with Crippen LogP contribution in [0.2, 0.25) is 5.28 Å². The van der Waals surface area contributed by atoms with Crippen molar-refractivity contribution in [2.24, 2.45) is 0 Å². The summed E-state index contributed by atoms with van der Waals surface area (Å²) in [5, 5.41) is 5.72. The lowest BCUT2D eigenvalue weighted by Gasteiger charge is -2.08. The fourth-order valence-electron chi connectivity index (χ4n) is 1.47. The van der Waals surface area contributed by atoms with Crippen LogP contribution in [0.25, 0.3) is 0 Å². The molecule has 5 nitrogen and oxygen atoms in total. The van der Waals surface area contributed by atoms with Crippen LogP contribution in [-0.4, -0.2) is 22.3 Å². The number of halogens is 2. The van der Waals surface area contributed by atoms with E-state index in [0.717, 1.165) is 11.9 Å². The molecule has 0 aliphatic rings. The summed E-state index contributed by atoms with van der Waals surface area (Å²) in [5.41, 5.74) is 1.44. The molecule has 0 atom stereocenters. The van der Waals surface area contributed by atoms with Crippen LogP contribution in [-0.2, 0) is 4.79 Å². The Labute approximate surface area is 120 Å². The predicted molar refractivity (Wildman–Crippen MR) is 75.9 cm³/mol. The summed E-state index contributed by atoms with van der Waals surface area (Å²) in [6.07, 6.45) is 1.00. The first-order valence-corrected chi connectivity index (χ1v) is 6.21. The Morgan fingerprint density at radius 1 is 1.30 bits per heavy atom. The third-order valence-electron chi connectivity index (χ3n) is 2.40. The van der Waals surface area contributed by atoms with Gasteiger partial charge in [-0.1, -0.05) is 0 Å². The number of carbonyl (C=O) groups is 1. The largest absolute Gasteiger partial charge is 0.378 e. The fourth-order valence-corrected chi connectivity index (χ4v) is 1.60. The highest BCUT2D eigenvalue weighted by Crippen LogP contribution is 2.20. The maximum Gasteiger partial charge on any atom is 0.224 e. The van der Waals surface area contributed by atoms with Crippen LogP contribution in [0.1, 0.15) is 6.92 Å². The van der Waals surface area contributed by atoms with Crippen LogP contribution in [0.4, 0.5) is 21.6 Å². The molecule has 1 aromatic carbocycles. The van der Waals surface area contributed by atoms with Crippen LogP contribution >= 0.6 is 11.6 Å². The molecule has 104 valence electrons. The molecule has 0 amide bonds. The number of nitrogens with zero attached hydrogens (tertiary/aromatic N) is 2. The minimum atomic E-state index is -0.590. The van der Waals surface area contributed by atoms with Crippen LogP contribution in [0, 0.1) is 5.82 Å². The van der Waals surface area contributed by atoms with Gasteiger partial charge in [0.15, 0.2) is 11.6 Å². The average Bonchev–Trinajstić information content (AvgIpc) is 2.42. The molecule has 0 bridgehead atoms. The summed E-state index contributed by atoms with van der Waals surface area (Å²) in [5.74, 6) is -0.535. The van der Waals surface area contributed by atoms with E-state index in [1.54, 1.807) is 24.3 Å². The van der Waals surface area contributed by atoms with Gasteiger partial charge < -0.3 is 10.6 Å². The zero-order valence-corrected chi connectivity index (χ0v) is 11.4. The Kier molecular flexibility index (Phi) is 4.47. The molecule has 2 rings (SSSR count). The van der Waals surface area contributed by atoms with E-state index in [1.165, 1.54) is 6.92 Å². The Bertz CT molecular complexity index is 618. The molecule has 1 heterocycles. The molecule has 0 aliphatic carbocycles. The first kappa shape index (κ1) is 14.2. The van der Waals surface area contributed by atoms with E-state index >= 15 is 0 Å². The third-order valence-corrected chi connectivity index (χ3v) is 2.59. The number of rotatable bonds is 5. The van der Waals surface area contributed by atoms with Crippen LogP contribution in [0.5, 0.6) is 0 Å². The summed E-state index contributed by atoms with van der Waals surface area (Å²) < 4.78 is 13.4. The van der Waals surface area contributed by atoms with E-state index < -0.39 is 5.82 Å². The van der Waals surface area contributed by atoms with E-state index in [0.29, 0.717) is 5.69 Å². The van der Waals surface area contributed by atoms with Crippen LogP contribution in [0.15, 0.2) is 30.5 Å². The quantitative estimate of drug-likeness (QED) is 0.830. The van der Waals surface area contributed by atoms with E-state index in [1.807, 2.05) is 0 Å². The Morgan fingerprint density at radius 3 is 2.60 bits per heavy atom. The number of nitrogens with one attached hydrogen (secondary N) is 2. The van der Waals surface area contributed by atoms with Crippen LogP contribution in [0.3, 0.4) is 0 Å². The lowest BCUT2D eigenvalue weighted by molar-refractivity contribution is -0.115. The highest BCUT2D eigenvalue weighted by molar-refractivity contribution is 6.28. The molecule has 0 unspecified atom stereocenters. The highest BCUT2D eigenvalue weighted by Gasteiger charge is 2.06. The first-order chi connectivity index (χ1) is 9.54. The van der Waals surface area contributed by atoms with Gasteiger partial charge in [-0.05, 0) is 42.8 Å². The molecule has 1 aromatic heterocycles. The number of hydrogen-bond acceptors (Lipinski definition) is 5. The molecule has 0 radical (unpaired) electrons. The molecule has 0 saturated heterocycles. The summed E-state index contributed by atoms with van der Waals surface area (Å²) in [6.45, 7) is 1.77. The van der Waals surface area contributed by atoms with Gasteiger partial charge in [-0.3, -0.25) is 4.79 Å². The van der Waals surface area contributed by atoms with Gasteiger partial charge >= 0.3 is 0 Å². The topological polar surface area (TPSA) is 66.9 Å². The first-order valence-electron chi connectivity index (χ1n) is 5.83. The van der Waals surface area contributed by atoms with Gasteiger partial charge in [-0.2, -0.15) is 4.98 Å². The standard InChI is InChI=1S/C13H12ClFN4O/c1-8(20)6-16-9-2-4-10(5-3-9)18-12-11(15)7-17-13(14)19-12/h2-5,7,16H,6H2,1H3,(H,17,18,19). The molecule has 0 spiro atoms. The van der Waals surface area contributed by atoms with Crippen molar-refractivity contribution in [3.63, 3.8) is 0 Å². The number of Topliss-reactive ketones (excluding diaryl/α,β-unsaturated/α-hetero) is 1. The summed E-state index contributed by atoms with van der Waals surface area (Å²) in [7, 11) is 0. The van der Waals surface area contributed by atoms with Crippen molar-refractivity contribution in [1.29, 1.82) is 0 Å². The number of anilines is 3. The third kappa shape index (κ3) is 3.89. The maximum absolute atomic E-state index is 13.4. The smallest absolute Gasteiger partial charge is 0.224 e. The predicted octanol–water partition coefficient (Wildman–Crippen LogP) is 3.01.